The van der Waals surface area contributed by atoms with Gasteiger partial charge in [0.15, 0.2) is 0 Å². The molecule has 1 aliphatic rings. The topological polar surface area (TPSA) is 85.0 Å². The van der Waals surface area contributed by atoms with Crippen molar-refractivity contribution in [2.24, 2.45) is 10.7 Å². The molecule has 4 aromatic rings. The highest BCUT2D eigenvalue weighted by Gasteiger charge is 2.26. The van der Waals surface area contributed by atoms with E-state index < -0.39 is 5.91 Å². The van der Waals surface area contributed by atoms with Crippen LogP contribution >= 0.6 is 11.6 Å². The number of para-hydroxylation sites is 1. The summed E-state index contributed by atoms with van der Waals surface area (Å²) in [6.07, 6.45) is 0. The van der Waals surface area contributed by atoms with Gasteiger partial charge in [0, 0.05) is 46.0 Å². The summed E-state index contributed by atoms with van der Waals surface area (Å²) in [5, 5.41) is 0.558. The Bertz CT molecular complexity index is 1520. The van der Waals surface area contributed by atoms with Crippen molar-refractivity contribution in [3.63, 3.8) is 0 Å². The lowest BCUT2D eigenvalue weighted by molar-refractivity contribution is -0.116. The Morgan fingerprint density at radius 1 is 0.917 bits per heavy atom. The van der Waals surface area contributed by atoms with E-state index in [0.29, 0.717) is 44.6 Å². The Morgan fingerprint density at radius 2 is 1.67 bits per heavy atom. The van der Waals surface area contributed by atoms with Gasteiger partial charge >= 0.3 is 0 Å². The molecule has 0 unspecified atom stereocenters. The maximum Gasteiger partial charge on any atom is 0.248 e. The fourth-order valence-electron chi connectivity index (χ4n) is 4.17. The summed E-state index contributed by atoms with van der Waals surface area (Å²) in [7, 11) is 1.71. The number of benzene rings is 4. The highest BCUT2D eigenvalue weighted by atomic mass is 35.5. The number of nitrogens with zero attached hydrogens (tertiary/aromatic N) is 2. The zero-order chi connectivity index (χ0) is 25.2. The van der Waals surface area contributed by atoms with Gasteiger partial charge in [-0.1, -0.05) is 60.1 Å². The predicted molar refractivity (Wildman–Crippen MR) is 142 cm³/mol. The zero-order valence-corrected chi connectivity index (χ0v) is 20.2. The van der Waals surface area contributed by atoms with Crippen LogP contribution in [0.15, 0.2) is 96.0 Å². The van der Waals surface area contributed by atoms with Gasteiger partial charge in [0.1, 0.15) is 18.0 Å². The Kier molecular flexibility index (Phi) is 6.27. The van der Waals surface area contributed by atoms with Gasteiger partial charge in [-0.2, -0.15) is 0 Å². The van der Waals surface area contributed by atoms with Crippen LogP contribution < -0.4 is 15.4 Å². The number of primary amides is 1. The van der Waals surface area contributed by atoms with Gasteiger partial charge in [-0.05, 0) is 36.4 Å². The maximum atomic E-state index is 12.9. The Labute approximate surface area is 213 Å². The quantitative estimate of drug-likeness (QED) is 0.384. The molecule has 0 aliphatic carbocycles. The third-order valence-corrected chi connectivity index (χ3v) is 6.35. The van der Waals surface area contributed by atoms with Crippen LogP contribution in [0.25, 0.3) is 11.1 Å². The molecule has 2 amide bonds. The molecule has 1 aliphatic heterocycles. The molecule has 0 radical (unpaired) electrons. The minimum atomic E-state index is -0.539. The van der Waals surface area contributed by atoms with E-state index in [1.807, 2.05) is 72.8 Å². The monoisotopic (exact) mass is 495 g/mol. The van der Waals surface area contributed by atoms with E-state index >= 15 is 0 Å². The number of likely N-dealkylation sites (N-methyl/N-ethyl adjacent to an activating group) is 1. The van der Waals surface area contributed by atoms with Crippen molar-refractivity contribution in [1.29, 1.82) is 0 Å². The number of fused-ring (bicyclic) bond motifs is 1. The summed E-state index contributed by atoms with van der Waals surface area (Å²) in [6, 6.07) is 27.6. The number of aliphatic imine (C=N–C) groups is 1. The summed E-state index contributed by atoms with van der Waals surface area (Å²) >= 11 is 6.61. The van der Waals surface area contributed by atoms with Crippen LogP contribution in [0.3, 0.4) is 0 Å². The number of amides is 2. The van der Waals surface area contributed by atoms with Crippen LogP contribution in [0.4, 0.5) is 5.69 Å². The number of carbonyl (C=O) groups excluding carboxylic acids is 2. The smallest absolute Gasteiger partial charge is 0.248 e. The molecule has 4 aromatic carbocycles. The molecule has 0 saturated carbocycles. The molecule has 1 heterocycles. The molecular formula is C29H22ClN3O3. The van der Waals surface area contributed by atoms with Gasteiger partial charge in [0.05, 0.1) is 11.4 Å². The SMILES string of the molecule is CN1C(=O)CN=C(c2cccc(C(N)=O)c2)c2cc(-c3ccccc3Cl)c(Oc3ccccc3)cc21. The van der Waals surface area contributed by atoms with Crippen LogP contribution in [0.2, 0.25) is 5.02 Å². The molecule has 6 nitrogen and oxygen atoms in total. The summed E-state index contributed by atoms with van der Waals surface area (Å²) in [5.41, 5.74) is 9.98. The van der Waals surface area contributed by atoms with Crippen LogP contribution in [-0.2, 0) is 4.79 Å². The summed E-state index contributed by atoms with van der Waals surface area (Å²) in [4.78, 5) is 30.9. The first-order valence-electron chi connectivity index (χ1n) is 11.3. The van der Waals surface area contributed by atoms with Crippen molar-refractivity contribution in [3.8, 4) is 22.6 Å². The van der Waals surface area contributed by atoms with Crippen LogP contribution in [0.5, 0.6) is 11.5 Å². The lowest BCUT2D eigenvalue weighted by Crippen LogP contribution is -2.27. The van der Waals surface area contributed by atoms with E-state index in [2.05, 4.69) is 4.99 Å². The Balaban J connectivity index is 1.76. The van der Waals surface area contributed by atoms with Crippen LogP contribution in [-0.4, -0.2) is 31.1 Å². The van der Waals surface area contributed by atoms with Crippen molar-refractivity contribution in [2.45, 2.75) is 0 Å². The van der Waals surface area contributed by atoms with Crippen molar-refractivity contribution in [3.05, 3.63) is 113 Å². The number of anilines is 1. The number of hydrogen-bond acceptors (Lipinski definition) is 4. The van der Waals surface area contributed by atoms with E-state index in [4.69, 9.17) is 22.1 Å². The molecule has 0 bridgehead atoms. The van der Waals surface area contributed by atoms with Gasteiger partial charge in [0.25, 0.3) is 0 Å². The van der Waals surface area contributed by atoms with Gasteiger partial charge in [0.2, 0.25) is 11.8 Å². The molecule has 0 saturated heterocycles. The number of carbonyl (C=O) groups is 2. The molecule has 0 aromatic heterocycles. The van der Waals surface area contributed by atoms with E-state index in [9.17, 15) is 9.59 Å². The Hall–Kier alpha value is -4.42. The molecule has 178 valence electrons. The molecule has 2 N–H and O–H groups in total. The highest BCUT2D eigenvalue weighted by Crippen LogP contribution is 2.42. The lowest BCUT2D eigenvalue weighted by Gasteiger charge is -2.22. The van der Waals surface area contributed by atoms with Crippen molar-refractivity contribution in [1.82, 2.24) is 0 Å². The first-order valence-corrected chi connectivity index (χ1v) is 11.7. The first kappa shape index (κ1) is 23.3. The number of ether oxygens (including phenoxy) is 1. The average molecular weight is 496 g/mol. The van der Waals surface area contributed by atoms with E-state index in [0.717, 1.165) is 11.1 Å². The highest BCUT2D eigenvalue weighted by molar-refractivity contribution is 6.33. The largest absolute Gasteiger partial charge is 0.457 e. The molecule has 5 rings (SSSR count). The number of nitrogens with two attached hydrogens (primary N) is 1. The van der Waals surface area contributed by atoms with Crippen LogP contribution in [0.1, 0.15) is 21.5 Å². The summed E-state index contributed by atoms with van der Waals surface area (Å²) in [5.74, 6) is 0.479. The number of hydrogen-bond donors (Lipinski definition) is 1. The summed E-state index contributed by atoms with van der Waals surface area (Å²) in [6.45, 7) is -0.0440. The minimum absolute atomic E-state index is 0.0440. The number of halogens is 1. The maximum absolute atomic E-state index is 12.9. The standard InChI is InChI=1S/C29H22ClN3O3/c1-33-25-16-26(36-20-10-3-2-4-11-20)22(21-12-5-6-13-24(21)30)15-23(25)28(32-17-27(33)34)18-8-7-9-19(14-18)29(31)35/h2-16H,17H2,1H3,(H2,31,35). The third kappa shape index (κ3) is 4.46. The second kappa shape index (κ2) is 9.68. The zero-order valence-electron chi connectivity index (χ0n) is 19.4. The fraction of sp³-hybridized carbons (Fsp3) is 0.0690. The van der Waals surface area contributed by atoms with Gasteiger partial charge < -0.3 is 15.4 Å². The molecule has 0 fully saturated rings. The molecule has 0 atom stereocenters. The average Bonchev–Trinajstić information content (AvgIpc) is 3.01. The second-order valence-electron chi connectivity index (χ2n) is 8.32. The molecular weight excluding hydrogens is 474 g/mol. The molecule has 0 spiro atoms. The summed E-state index contributed by atoms with van der Waals surface area (Å²) < 4.78 is 6.30. The van der Waals surface area contributed by atoms with Crippen molar-refractivity contribution >= 4 is 34.8 Å². The minimum Gasteiger partial charge on any atom is -0.457 e. The number of benzodiazepines with no additional fused rings is 1. The van der Waals surface area contributed by atoms with Gasteiger partial charge in [-0.25, -0.2) is 0 Å². The predicted octanol–water partition coefficient (Wildman–Crippen LogP) is 5.71. The van der Waals surface area contributed by atoms with Crippen LogP contribution in [0, 0.1) is 0 Å². The molecule has 7 heteroatoms. The van der Waals surface area contributed by atoms with E-state index in [-0.39, 0.29) is 12.5 Å². The third-order valence-electron chi connectivity index (χ3n) is 6.02. The lowest BCUT2D eigenvalue weighted by atomic mass is 9.94. The van der Waals surface area contributed by atoms with Crippen molar-refractivity contribution in [2.75, 3.05) is 18.5 Å². The van der Waals surface area contributed by atoms with E-state index in [1.54, 1.807) is 30.1 Å². The Morgan fingerprint density at radius 3 is 2.42 bits per heavy atom. The second-order valence-corrected chi connectivity index (χ2v) is 8.73. The van der Waals surface area contributed by atoms with Gasteiger partial charge in [-0.15, -0.1) is 0 Å². The normalized spacial score (nSPS) is 13.0. The van der Waals surface area contributed by atoms with Gasteiger partial charge in [-0.3, -0.25) is 14.6 Å². The molecule has 36 heavy (non-hydrogen) atoms. The fourth-order valence-corrected chi connectivity index (χ4v) is 4.40. The van der Waals surface area contributed by atoms with E-state index in [1.165, 1.54) is 0 Å². The van der Waals surface area contributed by atoms with Crippen molar-refractivity contribution < 1.29 is 14.3 Å². The number of rotatable bonds is 5. The first-order chi connectivity index (χ1) is 17.4.